The van der Waals surface area contributed by atoms with Gasteiger partial charge in [0.15, 0.2) is 12.2 Å². The fraction of sp³-hybridized carbons (Fsp3) is 0.955. The zero-order valence-electron chi connectivity index (χ0n) is 70.5. The van der Waals surface area contributed by atoms with E-state index in [2.05, 4.69) is 41.5 Å². The summed E-state index contributed by atoms with van der Waals surface area (Å²) < 4.78 is 69.0. The molecule has 0 spiro atoms. The van der Waals surface area contributed by atoms with Gasteiger partial charge in [0.2, 0.25) is 0 Å². The first-order valence-electron chi connectivity index (χ1n) is 45.5. The lowest BCUT2D eigenvalue weighted by Gasteiger charge is -2.21. The molecule has 0 aliphatic heterocycles. The van der Waals surface area contributed by atoms with Crippen LogP contribution >= 0.6 is 15.6 Å². The van der Waals surface area contributed by atoms with E-state index in [0.29, 0.717) is 25.7 Å². The summed E-state index contributed by atoms with van der Waals surface area (Å²) in [5.41, 5.74) is 0. The molecular weight excluding hydrogens is 1390 g/mol. The van der Waals surface area contributed by atoms with Crippen LogP contribution in [0.5, 0.6) is 0 Å². The van der Waals surface area contributed by atoms with Crippen molar-refractivity contribution in [3.63, 3.8) is 0 Å². The third-order valence-electron chi connectivity index (χ3n) is 21.1. The summed E-state index contributed by atoms with van der Waals surface area (Å²) in [6.45, 7) is 9.70. The van der Waals surface area contributed by atoms with Crippen LogP contribution in [0.25, 0.3) is 0 Å². The maximum Gasteiger partial charge on any atom is 0.472 e. The van der Waals surface area contributed by atoms with Crippen LogP contribution in [-0.4, -0.2) is 96.7 Å². The van der Waals surface area contributed by atoms with Gasteiger partial charge in [-0.25, -0.2) is 9.13 Å². The molecule has 0 rings (SSSR count). The molecule has 0 radical (unpaired) electrons. The molecule has 0 saturated heterocycles. The predicted molar refractivity (Wildman–Crippen MR) is 442 cm³/mol. The fourth-order valence-corrected chi connectivity index (χ4v) is 15.3. The third kappa shape index (κ3) is 80.5. The summed E-state index contributed by atoms with van der Waals surface area (Å²) in [6, 6.07) is 0. The van der Waals surface area contributed by atoms with E-state index in [1.165, 1.54) is 289 Å². The van der Waals surface area contributed by atoms with Gasteiger partial charge in [-0.1, -0.05) is 420 Å². The highest BCUT2D eigenvalue weighted by Gasteiger charge is 2.31. The molecule has 0 heterocycles. The monoisotopic (exact) mass is 1560 g/mol. The van der Waals surface area contributed by atoms with Crippen molar-refractivity contribution in [1.82, 2.24) is 0 Å². The molecule has 0 aromatic carbocycles. The van der Waals surface area contributed by atoms with Crippen LogP contribution in [0.4, 0.5) is 0 Å². The number of aliphatic hydroxyl groups excluding tert-OH is 1. The van der Waals surface area contributed by atoms with Crippen molar-refractivity contribution in [2.75, 3.05) is 39.6 Å². The Balaban J connectivity index is 5.26. The molecule has 17 nitrogen and oxygen atoms in total. The zero-order valence-corrected chi connectivity index (χ0v) is 72.2. The largest absolute Gasteiger partial charge is 0.472 e. The minimum absolute atomic E-state index is 0.107. The topological polar surface area (TPSA) is 237 Å². The van der Waals surface area contributed by atoms with E-state index in [1.54, 1.807) is 0 Å². The Bertz CT molecular complexity index is 2050. The van der Waals surface area contributed by atoms with Crippen molar-refractivity contribution in [3.05, 3.63) is 0 Å². The quantitative estimate of drug-likeness (QED) is 0.0222. The lowest BCUT2D eigenvalue weighted by molar-refractivity contribution is -0.161. The second-order valence-electron chi connectivity index (χ2n) is 32.4. The molecule has 0 saturated carbocycles. The van der Waals surface area contributed by atoms with Crippen molar-refractivity contribution in [1.29, 1.82) is 0 Å². The van der Waals surface area contributed by atoms with Crippen molar-refractivity contribution in [2.45, 2.75) is 490 Å². The summed E-state index contributed by atoms with van der Waals surface area (Å²) in [4.78, 5) is 73.3. The molecule has 19 heteroatoms. The number of hydrogen-bond acceptors (Lipinski definition) is 15. The number of aliphatic hydroxyl groups is 1. The Morgan fingerprint density at radius 2 is 0.477 bits per heavy atom. The van der Waals surface area contributed by atoms with Crippen LogP contribution < -0.4 is 0 Å². The van der Waals surface area contributed by atoms with E-state index < -0.39 is 97.5 Å². The first-order chi connectivity index (χ1) is 51.9. The third-order valence-corrected chi connectivity index (χ3v) is 23.0. The van der Waals surface area contributed by atoms with Crippen molar-refractivity contribution >= 4 is 39.5 Å². The van der Waals surface area contributed by atoms with Gasteiger partial charge in [0.25, 0.3) is 0 Å². The van der Waals surface area contributed by atoms with Gasteiger partial charge < -0.3 is 33.8 Å². The van der Waals surface area contributed by atoms with E-state index in [-0.39, 0.29) is 25.7 Å². The van der Waals surface area contributed by atoms with E-state index >= 15 is 0 Å². The van der Waals surface area contributed by atoms with Crippen molar-refractivity contribution in [3.8, 4) is 0 Å². The van der Waals surface area contributed by atoms with Crippen LogP contribution in [0.15, 0.2) is 0 Å². The Morgan fingerprint density at radius 3 is 0.710 bits per heavy atom. The lowest BCUT2D eigenvalue weighted by atomic mass is 9.99. The predicted octanol–water partition coefficient (Wildman–Crippen LogP) is 27.0. The first kappa shape index (κ1) is 105. The second-order valence-corrected chi connectivity index (χ2v) is 35.3. The number of carbonyl (C=O) groups is 4. The molecule has 0 aliphatic rings. The molecule has 0 aliphatic carbocycles. The van der Waals surface area contributed by atoms with Crippen LogP contribution in [-0.2, 0) is 65.4 Å². The average molecular weight is 1560 g/mol. The van der Waals surface area contributed by atoms with Gasteiger partial charge in [-0.2, -0.15) is 0 Å². The normalized spacial score (nSPS) is 14.0. The van der Waals surface area contributed by atoms with Crippen LogP contribution in [0.1, 0.15) is 472 Å². The van der Waals surface area contributed by atoms with Gasteiger partial charge in [0.1, 0.15) is 19.3 Å². The van der Waals surface area contributed by atoms with Crippen LogP contribution in [0.2, 0.25) is 0 Å². The molecule has 0 amide bonds. The lowest BCUT2D eigenvalue weighted by Crippen LogP contribution is -2.30. The summed E-state index contributed by atoms with van der Waals surface area (Å²) >= 11 is 0. The summed E-state index contributed by atoms with van der Waals surface area (Å²) in [5.74, 6) is -0.536. The highest BCUT2D eigenvalue weighted by molar-refractivity contribution is 7.47. The van der Waals surface area contributed by atoms with Gasteiger partial charge in [-0.3, -0.25) is 37.3 Å². The molecular formula is C88H172O17P2. The number of carbonyl (C=O) groups excluding carboxylic acids is 4. The second kappa shape index (κ2) is 79.3. The van der Waals surface area contributed by atoms with Crippen molar-refractivity contribution < 1.29 is 80.2 Å². The van der Waals surface area contributed by atoms with Gasteiger partial charge in [-0.05, 0) is 37.5 Å². The van der Waals surface area contributed by atoms with E-state index in [1.807, 2.05) is 0 Å². The molecule has 0 fully saturated rings. The number of phosphoric ester groups is 2. The Morgan fingerprint density at radius 1 is 0.271 bits per heavy atom. The number of rotatable bonds is 87. The summed E-state index contributed by atoms with van der Waals surface area (Å²) in [5, 5.41) is 10.7. The molecule has 0 bridgehead atoms. The molecule has 3 N–H and O–H groups in total. The van der Waals surface area contributed by atoms with E-state index in [4.69, 9.17) is 37.0 Å². The number of unbranched alkanes of at least 4 members (excludes halogenated alkanes) is 56. The highest BCUT2D eigenvalue weighted by atomic mass is 31.2. The van der Waals surface area contributed by atoms with Crippen LogP contribution in [0.3, 0.4) is 0 Å². The molecule has 0 aromatic heterocycles. The summed E-state index contributed by atoms with van der Waals surface area (Å²) in [6.07, 6.45) is 72.2. The summed E-state index contributed by atoms with van der Waals surface area (Å²) in [7, 11) is -9.93. The molecule has 107 heavy (non-hydrogen) atoms. The molecule has 3 unspecified atom stereocenters. The minimum atomic E-state index is -4.97. The minimum Gasteiger partial charge on any atom is -0.462 e. The molecule has 0 aromatic rings. The molecule has 636 valence electrons. The van der Waals surface area contributed by atoms with Crippen LogP contribution in [0, 0.1) is 11.8 Å². The van der Waals surface area contributed by atoms with Gasteiger partial charge in [-0.15, -0.1) is 0 Å². The number of ether oxygens (including phenoxy) is 4. The Hall–Kier alpha value is -1.94. The zero-order chi connectivity index (χ0) is 78.5. The Labute approximate surface area is 658 Å². The number of hydrogen-bond donors (Lipinski definition) is 3. The van der Waals surface area contributed by atoms with Gasteiger partial charge in [0.05, 0.1) is 26.4 Å². The van der Waals surface area contributed by atoms with Gasteiger partial charge in [0, 0.05) is 25.7 Å². The van der Waals surface area contributed by atoms with Crippen molar-refractivity contribution in [2.24, 2.45) is 11.8 Å². The van der Waals surface area contributed by atoms with E-state index in [0.717, 1.165) is 102 Å². The van der Waals surface area contributed by atoms with Gasteiger partial charge >= 0.3 is 39.5 Å². The Kier molecular flexibility index (Phi) is 77.9. The standard InChI is InChI=1S/C88H172O17P2/c1-7-10-12-14-16-18-20-22-24-26-28-30-32-34-38-42-46-54-60-66-72-87(92)104-83(76-98-85(90)70-64-58-52-45-41-37-33-31-29-27-25-23-21-19-17-15-13-11-8-2)78-102-106(94,95)100-74-82(89)75-101-107(96,97)103-79-84(77-99-86(91)71-65-59-53-49-48-51-57-63-69-81(6)9-3)105-88(93)73-67-61-55-47-43-39-35-36-40-44-50-56-62-68-80(4)5/h80-84,89H,7-79H2,1-6H3,(H,94,95)(H,96,97)/t81?,82-,83-,84-/m1/s1. The maximum absolute atomic E-state index is 13.2. The first-order valence-corrected chi connectivity index (χ1v) is 48.5. The van der Waals surface area contributed by atoms with E-state index in [9.17, 15) is 43.2 Å². The number of esters is 4. The number of phosphoric acid groups is 2. The average Bonchev–Trinajstić information content (AvgIpc) is 0.908. The molecule has 6 atom stereocenters. The SMILES string of the molecule is CCCCCCCCCCCCCCCCCCCCCCC(=O)O[C@H](COC(=O)CCCCCCCCCCCCCCCCCCCCC)COP(=O)(O)OC[C@@H](O)COP(=O)(O)OC[C@@H](COC(=O)CCCCCCCCCCC(C)CC)OC(=O)CCCCCCCCCCCCCCCC(C)C. The highest BCUT2D eigenvalue weighted by Crippen LogP contribution is 2.45. The fourth-order valence-electron chi connectivity index (χ4n) is 13.7. The smallest absolute Gasteiger partial charge is 0.462 e. The maximum atomic E-state index is 13.2.